The first-order chi connectivity index (χ1) is 10.8. The van der Waals surface area contributed by atoms with Crippen LogP contribution in [0.25, 0.3) is 0 Å². The van der Waals surface area contributed by atoms with Crippen molar-refractivity contribution in [1.82, 2.24) is 10.2 Å². The number of urea groups is 1. The molecule has 23 heavy (non-hydrogen) atoms. The van der Waals surface area contributed by atoms with E-state index in [-0.39, 0.29) is 0 Å². The Bertz CT molecular complexity index is 700. The van der Waals surface area contributed by atoms with Gasteiger partial charge >= 0.3 is 12.0 Å². The fourth-order valence-corrected chi connectivity index (χ4v) is 3.36. The van der Waals surface area contributed by atoms with Crippen molar-refractivity contribution in [3.05, 3.63) is 34.9 Å². The summed E-state index contributed by atoms with van der Waals surface area (Å²) in [6.45, 7) is 2.96. The molecule has 2 aliphatic rings. The third-order valence-electron chi connectivity index (χ3n) is 4.89. The van der Waals surface area contributed by atoms with E-state index in [1.54, 1.807) is 6.92 Å². The van der Waals surface area contributed by atoms with Crippen LogP contribution in [0.4, 0.5) is 4.79 Å². The number of amides is 3. The molecule has 1 aromatic carbocycles. The molecular formula is C17H20N2O4. The second-order valence-corrected chi connectivity index (χ2v) is 6.44. The molecule has 0 spiro atoms. The highest BCUT2D eigenvalue weighted by Crippen LogP contribution is 2.33. The lowest BCUT2D eigenvalue weighted by Gasteiger charge is -2.25. The van der Waals surface area contributed by atoms with Crippen LogP contribution in [-0.2, 0) is 28.0 Å². The maximum atomic E-state index is 12.7. The number of carboxylic acid groups (broad SMARTS) is 1. The zero-order valence-corrected chi connectivity index (χ0v) is 13.3. The molecule has 2 atom stereocenters. The van der Waals surface area contributed by atoms with Crippen LogP contribution in [0, 0.1) is 0 Å². The average molecular weight is 316 g/mol. The summed E-state index contributed by atoms with van der Waals surface area (Å²) in [6.07, 6.45) is 4.30. The highest BCUT2D eigenvalue weighted by molar-refractivity contribution is 6.09. The van der Waals surface area contributed by atoms with Crippen LogP contribution in [-0.4, -0.2) is 34.0 Å². The van der Waals surface area contributed by atoms with Gasteiger partial charge in [0, 0.05) is 0 Å². The molecule has 0 bridgehead atoms. The van der Waals surface area contributed by atoms with E-state index in [1.807, 2.05) is 18.2 Å². The van der Waals surface area contributed by atoms with E-state index in [1.165, 1.54) is 24.5 Å². The fourth-order valence-electron chi connectivity index (χ4n) is 3.36. The average Bonchev–Trinajstić information content (AvgIpc) is 2.76. The minimum atomic E-state index is -1.22. The summed E-state index contributed by atoms with van der Waals surface area (Å²) in [5.74, 6) is -1.73. The second kappa shape index (κ2) is 5.37. The van der Waals surface area contributed by atoms with E-state index in [0.29, 0.717) is 5.56 Å². The van der Waals surface area contributed by atoms with Crippen LogP contribution in [0.1, 0.15) is 43.4 Å². The van der Waals surface area contributed by atoms with Crippen molar-refractivity contribution >= 4 is 17.9 Å². The van der Waals surface area contributed by atoms with E-state index in [4.69, 9.17) is 5.11 Å². The van der Waals surface area contributed by atoms with Gasteiger partial charge in [0.15, 0.2) is 0 Å². The van der Waals surface area contributed by atoms with E-state index < -0.39 is 29.5 Å². The first-order valence-electron chi connectivity index (χ1n) is 7.85. The number of imide groups is 1. The Kier molecular flexibility index (Phi) is 3.62. The molecule has 0 radical (unpaired) electrons. The van der Waals surface area contributed by atoms with E-state index in [2.05, 4.69) is 5.32 Å². The normalized spacial score (nSPS) is 25.0. The zero-order valence-electron chi connectivity index (χ0n) is 13.3. The van der Waals surface area contributed by atoms with Crippen LogP contribution in [0.15, 0.2) is 18.2 Å². The van der Waals surface area contributed by atoms with Gasteiger partial charge < -0.3 is 10.4 Å². The Morgan fingerprint density at radius 1 is 1.26 bits per heavy atom. The maximum Gasteiger partial charge on any atom is 0.326 e. The lowest BCUT2D eigenvalue weighted by Crippen LogP contribution is -2.45. The first kappa shape index (κ1) is 15.5. The molecule has 0 saturated carbocycles. The molecule has 1 saturated heterocycles. The summed E-state index contributed by atoms with van der Waals surface area (Å²) in [4.78, 5) is 36.8. The Labute approximate surface area is 134 Å². The number of rotatable bonds is 3. The maximum absolute atomic E-state index is 12.7. The molecule has 1 aliphatic carbocycles. The number of fused-ring (bicyclic) bond motifs is 1. The number of benzene rings is 1. The lowest BCUT2D eigenvalue weighted by atomic mass is 9.85. The van der Waals surface area contributed by atoms with Gasteiger partial charge in [-0.2, -0.15) is 0 Å². The first-order valence-corrected chi connectivity index (χ1v) is 7.85. The third kappa shape index (κ3) is 2.38. The Hall–Kier alpha value is -2.37. The largest absolute Gasteiger partial charge is 0.480 e. The second-order valence-electron chi connectivity index (χ2n) is 6.44. The van der Waals surface area contributed by atoms with Gasteiger partial charge in [-0.05, 0) is 56.2 Å². The van der Waals surface area contributed by atoms with Crippen LogP contribution in [0.3, 0.4) is 0 Å². The predicted molar refractivity (Wildman–Crippen MR) is 82.9 cm³/mol. The number of nitrogens with zero attached hydrogens (tertiary/aromatic N) is 1. The molecule has 6 heteroatoms. The number of carbonyl (C=O) groups is 3. The minimum absolute atomic E-state index is 0.520. The number of hydrogen-bond acceptors (Lipinski definition) is 3. The molecule has 1 aliphatic heterocycles. The number of aliphatic carboxylic acids is 1. The molecular weight excluding hydrogens is 296 g/mol. The highest BCUT2D eigenvalue weighted by atomic mass is 16.4. The van der Waals surface area contributed by atoms with Gasteiger partial charge in [-0.1, -0.05) is 18.2 Å². The predicted octanol–water partition coefficient (Wildman–Crippen LogP) is 1.81. The monoisotopic (exact) mass is 316 g/mol. The van der Waals surface area contributed by atoms with Gasteiger partial charge in [-0.15, -0.1) is 0 Å². The Morgan fingerprint density at radius 2 is 1.91 bits per heavy atom. The number of carbonyl (C=O) groups excluding carboxylic acids is 2. The molecule has 1 fully saturated rings. The summed E-state index contributed by atoms with van der Waals surface area (Å²) in [5.41, 5.74) is 1.99. The third-order valence-corrected chi connectivity index (χ3v) is 4.89. The zero-order chi connectivity index (χ0) is 16.8. The molecule has 2 unspecified atom stereocenters. The molecule has 6 nitrogen and oxygen atoms in total. The molecule has 2 N–H and O–H groups in total. The number of carboxylic acids is 1. The number of hydrogen-bond donors (Lipinski definition) is 2. The van der Waals surface area contributed by atoms with Gasteiger partial charge in [0.25, 0.3) is 5.91 Å². The highest BCUT2D eigenvalue weighted by Gasteiger charge is 2.51. The fraction of sp³-hybridized carbons (Fsp3) is 0.471. The summed E-state index contributed by atoms with van der Waals surface area (Å²) in [6, 6.07) is 3.99. The molecule has 1 aromatic rings. The van der Waals surface area contributed by atoms with Crippen molar-refractivity contribution in [3.8, 4) is 0 Å². The van der Waals surface area contributed by atoms with Gasteiger partial charge in [0.2, 0.25) is 0 Å². The van der Waals surface area contributed by atoms with Crippen molar-refractivity contribution in [1.29, 1.82) is 0 Å². The standard InChI is InChI=1S/C17H20N2O4/c1-10(14(20)21)19-15(22)17(2,18-16(19)23)13-8-7-11-5-3-4-6-12(11)9-13/h7-10H,3-6H2,1-2H3,(H,18,23)(H,20,21). The van der Waals surface area contributed by atoms with Crippen LogP contribution in [0.2, 0.25) is 0 Å². The summed E-state index contributed by atoms with van der Waals surface area (Å²) < 4.78 is 0. The Balaban J connectivity index is 1.97. The molecule has 122 valence electrons. The van der Waals surface area contributed by atoms with Crippen molar-refractivity contribution in [2.75, 3.05) is 0 Å². The van der Waals surface area contributed by atoms with Crippen molar-refractivity contribution < 1.29 is 19.5 Å². The van der Waals surface area contributed by atoms with Gasteiger partial charge in [-0.25, -0.2) is 14.5 Å². The molecule has 0 aromatic heterocycles. The summed E-state index contributed by atoms with van der Waals surface area (Å²) in [7, 11) is 0. The van der Waals surface area contributed by atoms with Crippen LogP contribution >= 0.6 is 0 Å². The van der Waals surface area contributed by atoms with Gasteiger partial charge in [0.05, 0.1) is 0 Å². The Morgan fingerprint density at radius 3 is 2.57 bits per heavy atom. The van der Waals surface area contributed by atoms with Crippen molar-refractivity contribution in [2.24, 2.45) is 0 Å². The van der Waals surface area contributed by atoms with E-state index in [0.717, 1.165) is 24.2 Å². The van der Waals surface area contributed by atoms with Crippen molar-refractivity contribution in [3.63, 3.8) is 0 Å². The van der Waals surface area contributed by atoms with E-state index in [9.17, 15) is 14.4 Å². The van der Waals surface area contributed by atoms with Gasteiger partial charge in [-0.3, -0.25) is 4.79 Å². The molecule has 1 heterocycles. The SMILES string of the molecule is CC(C(=O)O)N1C(=O)NC(C)(c2ccc3c(c2)CCCC3)C1=O. The van der Waals surface area contributed by atoms with Crippen molar-refractivity contribution in [2.45, 2.75) is 51.1 Å². The minimum Gasteiger partial charge on any atom is -0.480 e. The van der Waals surface area contributed by atoms with E-state index >= 15 is 0 Å². The summed E-state index contributed by atoms with van der Waals surface area (Å²) in [5, 5.41) is 11.8. The molecule has 3 rings (SSSR count). The number of aryl methyl sites for hydroxylation is 2. The number of nitrogens with one attached hydrogen (secondary N) is 1. The topological polar surface area (TPSA) is 86.7 Å². The van der Waals surface area contributed by atoms with Gasteiger partial charge in [0.1, 0.15) is 11.6 Å². The van der Waals surface area contributed by atoms with Crippen LogP contribution < -0.4 is 5.32 Å². The smallest absolute Gasteiger partial charge is 0.326 e. The quantitative estimate of drug-likeness (QED) is 0.833. The molecule has 3 amide bonds. The van der Waals surface area contributed by atoms with Crippen LogP contribution in [0.5, 0.6) is 0 Å². The lowest BCUT2D eigenvalue weighted by molar-refractivity contribution is -0.147. The summed E-state index contributed by atoms with van der Waals surface area (Å²) >= 11 is 0.